The molecule has 21 heavy (non-hydrogen) atoms. The Labute approximate surface area is 123 Å². The number of oxime groups is 1. The molecule has 2 aromatic heterocycles. The van der Waals surface area contributed by atoms with Gasteiger partial charge in [-0.15, -0.1) is 0 Å². The minimum absolute atomic E-state index is 0.582. The van der Waals surface area contributed by atoms with Crippen LogP contribution in [0.15, 0.2) is 42.2 Å². The Bertz CT molecular complexity index is 673. The van der Waals surface area contributed by atoms with E-state index in [1.165, 1.54) is 20.0 Å². The maximum Gasteiger partial charge on any atom is 0.113 e. The highest BCUT2D eigenvalue weighted by molar-refractivity contribution is 5.99. The maximum absolute atomic E-state index is 4.92. The van der Waals surface area contributed by atoms with Crippen LogP contribution in [0.4, 0.5) is 0 Å². The van der Waals surface area contributed by atoms with E-state index in [0.29, 0.717) is 12.5 Å². The van der Waals surface area contributed by atoms with E-state index in [0.717, 1.165) is 17.0 Å². The molecule has 0 amide bonds. The normalized spacial score (nSPS) is 14.4. The van der Waals surface area contributed by atoms with Gasteiger partial charge in [0, 0.05) is 30.1 Å². The highest BCUT2D eigenvalue weighted by Crippen LogP contribution is 2.27. The van der Waals surface area contributed by atoms with Crippen molar-refractivity contribution >= 4 is 5.71 Å². The van der Waals surface area contributed by atoms with Crippen molar-refractivity contribution < 1.29 is 4.84 Å². The smallest absolute Gasteiger partial charge is 0.113 e. The Balaban J connectivity index is 1.76. The van der Waals surface area contributed by atoms with Gasteiger partial charge in [-0.2, -0.15) is 0 Å². The Morgan fingerprint density at radius 2 is 2.38 bits per heavy atom. The van der Waals surface area contributed by atoms with Crippen LogP contribution in [0.1, 0.15) is 24.1 Å². The van der Waals surface area contributed by atoms with E-state index in [9.17, 15) is 0 Å². The molecular weight excluding hydrogens is 264 g/mol. The Morgan fingerprint density at radius 3 is 3.00 bits per heavy atom. The van der Waals surface area contributed by atoms with Crippen LogP contribution in [-0.4, -0.2) is 27.4 Å². The van der Waals surface area contributed by atoms with Gasteiger partial charge in [-0.3, -0.25) is 0 Å². The highest BCUT2D eigenvalue weighted by Gasteiger charge is 2.17. The summed E-state index contributed by atoms with van der Waals surface area (Å²) in [6.45, 7) is 0.586. The summed E-state index contributed by atoms with van der Waals surface area (Å²) in [4.78, 5) is 13.3. The van der Waals surface area contributed by atoms with Crippen molar-refractivity contribution in [2.24, 2.45) is 11.1 Å². The zero-order valence-corrected chi connectivity index (χ0v) is 11.9. The van der Waals surface area contributed by atoms with Gasteiger partial charge in [0.15, 0.2) is 0 Å². The Morgan fingerprint density at radius 1 is 1.48 bits per heavy atom. The molecule has 1 saturated carbocycles. The quantitative estimate of drug-likeness (QED) is 0.489. The molecule has 0 saturated heterocycles. The molecule has 0 spiro atoms. The summed E-state index contributed by atoms with van der Waals surface area (Å²) in [5, 5.41) is 4.08. The summed E-state index contributed by atoms with van der Waals surface area (Å²) < 4.78 is 1.93. The van der Waals surface area contributed by atoms with Gasteiger partial charge in [0.2, 0.25) is 0 Å². The van der Waals surface area contributed by atoms with Crippen LogP contribution in [0.3, 0.4) is 0 Å². The third-order valence-electron chi connectivity index (χ3n) is 3.17. The second kappa shape index (κ2) is 6.23. The minimum atomic E-state index is 0.582. The SMILES string of the molecule is CON=C(Cn1ccnc1)c1ccc(C#CC2CC2)nc1. The molecule has 1 fully saturated rings. The zero-order chi connectivity index (χ0) is 14.5. The predicted octanol–water partition coefficient (Wildman–Crippen LogP) is 2.09. The molecule has 106 valence electrons. The van der Waals surface area contributed by atoms with E-state index in [4.69, 9.17) is 4.84 Å². The van der Waals surface area contributed by atoms with Crippen molar-refractivity contribution in [3.63, 3.8) is 0 Å². The van der Waals surface area contributed by atoms with Crippen molar-refractivity contribution in [1.29, 1.82) is 0 Å². The zero-order valence-electron chi connectivity index (χ0n) is 11.9. The van der Waals surface area contributed by atoms with Crippen LogP contribution < -0.4 is 0 Å². The third kappa shape index (κ3) is 3.69. The first-order valence-corrected chi connectivity index (χ1v) is 6.89. The third-order valence-corrected chi connectivity index (χ3v) is 3.17. The standard InChI is InChI=1S/C16H16N4O/c1-21-19-16(11-20-9-8-17-12-20)14-5-7-15(18-10-14)6-4-13-2-3-13/h5,7-10,12-13H,2-3,11H2,1H3. The molecule has 5 heteroatoms. The number of pyridine rings is 1. The lowest BCUT2D eigenvalue weighted by atomic mass is 10.1. The maximum atomic E-state index is 4.92. The van der Waals surface area contributed by atoms with Crippen LogP contribution in [0, 0.1) is 17.8 Å². The fourth-order valence-electron chi connectivity index (χ4n) is 1.88. The molecule has 5 nitrogen and oxygen atoms in total. The molecule has 0 aliphatic heterocycles. The summed E-state index contributed by atoms with van der Waals surface area (Å²) in [7, 11) is 1.54. The van der Waals surface area contributed by atoms with E-state index >= 15 is 0 Å². The lowest BCUT2D eigenvalue weighted by Crippen LogP contribution is -2.11. The van der Waals surface area contributed by atoms with Crippen LogP contribution in [-0.2, 0) is 11.4 Å². The topological polar surface area (TPSA) is 52.3 Å². The van der Waals surface area contributed by atoms with E-state index in [2.05, 4.69) is 27.0 Å². The van der Waals surface area contributed by atoms with Crippen molar-refractivity contribution in [3.05, 3.63) is 48.3 Å². The largest absolute Gasteiger partial charge is 0.399 e. The minimum Gasteiger partial charge on any atom is -0.399 e. The second-order valence-corrected chi connectivity index (χ2v) is 4.93. The molecule has 0 radical (unpaired) electrons. The van der Waals surface area contributed by atoms with Crippen molar-refractivity contribution in [1.82, 2.24) is 14.5 Å². The lowest BCUT2D eigenvalue weighted by molar-refractivity contribution is 0.212. The fraction of sp³-hybridized carbons (Fsp3) is 0.312. The molecule has 2 heterocycles. The number of imidazole rings is 1. The van der Waals surface area contributed by atoms with Crippen molar-refractivity contribution in [3.8, 4) is 11.8 Å². The molecular formula is C16H16N4O. The molecule has 1 aliphatic rings. The summed E-state index contributed by atoms with van der Waals surface area (Å²) in [5.41, 5.74) is 2.51. The monoisotopic (exact) mass is 280 g/mol. The average molecular weight is 280 g/mol. The van der Waals surface area contributed by atoms with E-state index in [1.807, 2.05) is 22.9 Å². The van der Waals surface area contributed by atoms with Gasteiger partial charge >= 0.3 is 0 Å². The van der Waals surface area contributed by atoms with Gasteiger partial charge < -0.3 is 9.40 Å². The number of rotatable bonds is 4. The summed E-state index contributed by atoms with van der Waals surface area (Å²) in [5.74, 6) is 6.89. The molecule has 0 aromatic carbocycles. The van der Waals surface area contributed by atoms with Crippen LogP contribution in [0.5, 0.6) is 0 Å². The van der Waals surface area contributed by atoms with Gasteiger partial charge in [-0.05, 0) is 30.9 Å². The van der Waals surface area contributed by atoms with Gasteiger partial charge in [0.1, 0.15) is 18.5 Å². The highest BCUT2D eigenvalue weighted by atomic mass is 16.6. The molecule has 0 unspecified atom stereocenters. The molecule has 0 N–H and O–H groups in total. The van der Waals surface area contributed by atoms with Gasteiger partial charge in [0.25, 0.3) is 0 Å². The summed E-state index contributed by atoms with van der Waals surface area (Å²) in [6.07, 6.45) is 9.59. The number of hydrogen-bond acceptors (Lipinski definition) is 4. The molecule has 2 aromatic rings. The predicted molar refractivity (Wildman–Crippen MR) is 79.6 cm³/mol. The Kier molecular flexibility index (Phi) is 3.97. The van der Waals surface area contributed by atoms with Crippen molar-refractivity contribution in [2.75, 3.05) is 7.11 Å². The first-order chi connectivity index (χ1) is 10.3. The number of aromatic nitrogens is 3. The average Bonchev–Trinajstić information content (AvgIpc) is 3.21. The molecule has 1 aliphatic carbocycles. The van der Waals surface area contributed by atoms with Gasteiger partial charge in [-0.25, -0.2) is 9.97 Å². The van der Waals surface area contributed by atoms with E-state index < -0.39 is 0 Å². The van der Waals surface area contributed by atoms with E-state index in [1.54, 1.807) is 18.7 Å². The van der Waals surface area contributed by atoms with Crippen LogP contribution in [0.2, 0.25) is 0 Å². The lowest BCUT2D eigenvalue weighted by Gasteiger charge is -2.06. The first kappa shape index (κ1) is 13.4. The van der Waals surface area contributed by atoms with Gasteiger partial charge in [0.05, 0.1) is 12.9 Å². The van der Waals surface area contributed by atoms with Gasteiger partial charge in [-0.1, -0.05) is 11.1 Å². The molecule has 3 rings (SSSR count). The van der Waals surface area contributed by atoms with Crippen LogP contribution >= 0.6 is 0 Å². The molecule has 0 bridgehead atoms. The second-order valence-electron chi connectivity index (χ2n) is 4.93. The number of nitrogens with zero attached hydrogens (tertiary/aromatic N) is 4. The summed E-state index contributed by atoms with van der Waals surface area (Å²) in [6, 6.07) is 3.89. The number of hydrogen-bond donors (Lipinski definition) is 0. The fourth-order valence-corrected chi connectivity index (χ4v) is 1.88. The first-order valence-electron chi connectivity index (χ1n) is 6.89. The van der Waals surface area contributed by atoms with Crippen molar-refractivity contribution in [2.45, 2.75) is 19.4 Å². The van der Waals surface area contributed by atoms with Crippen LogP contribution in [0.25, 0.3) is 0 Å². The summed E-state index contributed by atoms with van der Waals surface area (Å²) >= 11 is 0. The Hall–Kier alpha value is -2.61. The van der Waals surface area contributed by atoms with E-state index in [-0.39, 0.29) is 0 Å². The molecule has 0 atom stereocenters.